The molecule has 2 amide bonds. The highest BCUT2D eigenvalue weighted by Crippen LogP contribution is 2.28. The van der Waals surface area contributed by atoms with Crippen molar-refractivity contribution in [3.05, 3.63) is 78.0 Å². The summed E-state index contributed by atoms with van der Waals surface area (Å²) < 4.78 is 5.36. The molecule has 2 aliphatic rings. The van der Waals surface area contributed by atoms with Crippen molar-refractivity contribution in [2.24, 2.45) is 0 Å². The van der Waals surface area contributed by atoms with Crippen LogP contribution in [0.2, 0.25) is 0 Å². The van der Waals surface area contributed by atoms with Crippen LogP contribution in [0.25, 0.3) is 0 Å². The lowest BCUT2D eigenvalue weighted by Gasteiger charge is -2.17. The largest absolute Gasteiger partial charge is 0.444 e. The molecule has 0 aliphatic carbocycles. The van der Waals surface area contributed by atoms with E-state index in [-0.39, 0.29) is 18.0 Å². The Labute approximate surface area is 226 Å². The van der Waals surface area contributed by atoms with Crippen molar-refractivity contribution in [3.8, 4) is 0 Å². The number of hydrogen-bond acceptors (Lipinski definition) is 5. The third-order valence-electron chi connectivity index (χ3n) is 5.50. The molecule has 2 aromatic carbocycles. The van der Waals surface area contributed by atoms with Crippen molar-refractivity contribution in [2.75, 3.05) is 18.0 Å². The zero-order valence-electron chi connectivity index (χ0n) is 22.3. The average Bonchev–Trinajstić information content (AvgIpc) is 3.60. The number of hydrogen-bond donors (Lipinski definition) is 1. The second-order valence-corrected chi connectivity index (χ2v) is 8.15. The Kier molecular flexibility index (Phi) is 15.9. The van der Waals surface area contributed by atoms with Gasteiger partial charge in [-0.2, -0.15) is 0 Å². The second kappa shape index (κ2) is 18.7. The fourth-order valence-corrected chi connectivity index (χ4v) is 3.86. The highest BCUT2D eigenvalue weighted by atomic mass is 32.1. The first-order valence-corrected chi connectivity index (χ1v) is 13.1. The van der Waals surface area contributed by atoms with Crippen LogP contribution in [-0.4, -0.2) is 47.8 Å². The molecular formula is C29H39N3O4S. The van der Waals surface area contributed by atoms with Crippen molar-refractivity contribution < 1.29 is 19.1 Å². The van der Waals surface area contributed by atoms with Crippen LogP contribution in [0.3, 0.4) is 0 Å². The van der Waals surface area contributed by atoms with E-state index in [1.807, 2.05) is 75.4 Å². The fraction of sp³-hybridized carbons (Fsp3) is 0.379. The fourth-order valence-electron chi connectivity index (χ4n) is 3.79. The molecule has 0 radical (unpaired) electrons. The van der Waals surface area contributed by atoms with Crippen LogP contribution >= 0.6 is 12.2 Å². The number of amides is 2. The SMILES string of the molecule is C/C=C\NC=S.CC.CC(=O)N1CCC[C@H]1C=O.O=C(OCc1ccccc1)N1CCc2ccccc21. The smallest absolute Gasteiger partial charge is 0.414 e. The number of likely N-dealkylation sites (tertiary alicyclic amines) is 1. The Balaban J connectivity index is 0.000000319. The van der Waals surface area contributed by atoms with Crippen molar-refractivity contribution in [3.63, 3.8) is 0 Å². The van der Waals surface area contributed by atoms with E-state index in [0.717, 1.165) is 43.3 Å². The number of anilines is 1. The Morgan fingerprint density at radius 3 is 2.32 bits per heavy atom. The number of carbonyl (C=O) groups excluding carboxylic acids is 3. The first-order valence-electron chi connectivity index (χ1n) is 12.6. The number of carbonyl (C=O) groups is 3. The first-order chi connectivity index (χ1) is 18.0. The van der Waals surface area contributed by atoms with Gasteiger partial charge in [-0.25, -0.2) is 4.79 Å². The van der Waals surface area contributed by atoms with Crippen LogP contribution in [-0.2, 0) is 27.4 Å². The molecule has 1 fully saturated rings. The third-order valence-corrected chi connectivity index (χ3v) is 5.64. The van der Waals surface area contributed by atoms with E-state index in [4.69, 9.17) is 4.74 Å². The van der Waals surface area contributed by atoms with Crippen LogP contribution < -0.4 is 10.2 Å². The number of rotatable bonds is 5. The zero-order chi connectivity index (χ0) is 27.5. The summed E-state index contributed by atoms with van der Waals surface area (Å²) in [6.45, 7) is 9.19. The van der Waals surface area contributed by atoms with Gasteiger partial charge < -0.3 is 19.7 Å². The van der Waals surface area contributed by atoms with Gasteiger partial charge >= 0.3 is 6.09 Å². The molecule has 7 nitrogen and oxygen atoms in total. The maximum absolute atomic E-state index is 12.1. The molecule has 0 bridgehead atoms. The molecule has 8 heteroatoms. The molecule has 1 N–H and O–H groups in total. The molecule has 0 aromatic heterocycles. The van der Waals surface area contributed by atoms with Crippen molar-refractivity contribution in [1.82, 2.24) is 10.2 Å². The van der Waals surface area contributed by atoms with Crippen molar-refractivity contribution >= 4 is 41.7 Å². The zero-order valence-corrected chi connectivity index (χ0v) is 23.1. The number of nitrogens with one attached hydrogen (secondary N) is 1. The summed E-state index contributed by atoms with van der Waals surface area (Å²) in [5.74, 6) is 0.00889. The minimum atomic E-state index is -0.270. The summed E-state index contributed by atoms with van der Waals surface area (Å²) in [4.78, 5) is 36.5. The quantitative estimate of drug-likeness (QED) is 0.400. The van der Waals surface area contributed by atoms with E-state index in [2.05, 4.69) is 23.6 Å². The lowest BCUT2D eigenvalue weighted by molar-refractivity contribution is -0.132. The van der Waals surface area contributed by atoms with Gasteiger partial charge in [-0.1, -0.05) is 80.7 Å². The summed E-state index contributed by atoms with van der Waals surface area (Å²) in [7, 11) is 0. The molecule has 0 saturated carbocycles. The van der Waals surface area contributed by atoms with E-state index in [9.17, 15) is 14.4 Å². The average molecular weight is 526 g/mol. The summed E-state index contributed by atoms with van der Waals surface area (Å²) in [6.07, 6.45) is 6.93. The van der Waals surface area contributed by atoms with E-state index < -0.39 is 0 Å². The van der Waals surface area contributed by atoms with Crippen molar-refractivity contribution in [1.29, 1.82) is 0 Å². The molecule has 2 aliphatic heterocycles. The number of allylic oxidation sites excluding steroid dienone is 1. The minimum absolute atomic E-state index is 0.00889. The second-order valence-electron chi connectivity index (χ2n) is 7.91. The highest BCUT2D eigenvalue weighted by molar-refractivity contribution is 7.78. The molecule has 37 heavy (non-hydrogen) atoms. The number of nitrogens with zero attached hydrogens (tertiary/aromatic N) is 2. The Bertz CT molecular complexity index is 998. The molecule has 2 aromatic rings. The molecule has 2 heterocycles. The number of para-hydroxylation sites is 1. The van der Waals surface area contributed by atoms with Gasteiger partial charge in [0.2, 0.25) is 5.91 Å². The number of benzene rings is 2. The van der Waals surface area contributed by atoms with Crippen LogP contribution in [0.4, 0.5) is 10.5 Å². The Hall–Kier alpha value is -3.52. The van der Waals surface area contributed by atoms with Gasteiger partial charge in [0.05, 0.1) is 17.2 Å². The number of fused-ring (bicyclic) bond motifs is 1. The predicted molar refractivity (Wildman–Crippen MR) is 154 cm³/mol. The number of thiocarbonyl (C=S) groups is 1. The molecule has 4 rings (SSSR count). The van der Waals surface area contributed by atoms with E-state index in [1.165, 1.54) is 18.0 Å². The normalized spacial score (nSPS) is 15.1. The molecule has 1 saturated heterocycles. The van der Waals surface area contributed by atoms with Crippen LogP contribution in [0.1, 0.15) is 51.7 Å². The van der Waals surface area contributed by atoms with E-state index in [0.29, 0.717) is 13.2 Å². The topological polar surface area (TPSA) is 79.0 Å². The van der Waals surface area contributed by atoms with Gasteiger partial charge in [0.25, 0.3) is 0 Å². The maximum atomic E-state index is 12.1. The highest BCUT2D eigenvalue weighted by Gasteiger charge is 2.26. The van der Waals surface area contributed by atoms with E-state index >= 15 is 0 Å². The van der Waals surface area contributed by atoms with Gasteiger partial charge in [0, 0.05) is 20.0 Å². The van der Waals surface area contributed by atoms with E-state index in [1.54, 1.807) is 16.0 Å². The minimum Gasteiger partial charge on any atom is -0.444 e. The van der Waals surface area contributed by atoms with Gasteiger partial charge in [-0.3, -0.25) is 9.69 Å². The molecule has 1 atom stereocenters. The summed E-state index contributed by atoms with van der Waals surface area (Å²) in [5.41, 5.74) is 4.64. The summed E-state index contributed by atoms with van der Waals surface area (Å²) in [6, 6.07) is 17.5. The Morgan fingerprint density at radius 2 is 1.76 bits per heavy atom. The van der Waals surface area contributed by atoms with Crippen LogP contribution in [0.15, 0.2) is 66.9 Å². The number of aldehydes is 1. The third kappa shape index (κ3) is 11.0. The van der Waals surface area contributed by atoms with Crippen LogP contribution in [0, 0.1) is 0 Å². The van der Waals surface area contributed by atoms with Gasteiger partial charge in [0.1, 0.15) is 12.9 Å². The predicted octanol–water partition coefficient (Wildman–Crippen LogP) is 5.68. The summed E-state index contributed by atoms with van der Waals surface area (Å²) >= 11 is 4.43. The lowest BCUT2D eigenvalue weighted by Crippen LogP contribution is -2.34. The molecule has 0 spiro atoms. The molecular weight excluding hydrogens is 486 g/mol. The molecule has 0 unspecified atom stereocenters. The maximum Gasteiger partial charge on any atom is 0.414 e. The van der Waals surface area contributed by atoms with Gasteiger partial charge in [-0.05, 0) is 49.6 Å². The first kappa shape index (κ1) is 31.5. The Morgan fingerprint density at radius 1 is 1.08 bits per heavy atom. The van der Waals surface area contributed by atoms with Gasteiger partial charge in [-0.15, -0.1) is 0 Å². The lowest BCUT2D eigenvalue weighted by atomic mass is 10.2. The monoisotopic (exact) mass is 525 g/mol. The van der Waals surface area contributed by atoms with Gasteiger partial charge in [0.15, 0.2) is 0 Å². The van der Waals surface area contributed by atoms with Crippen molar-refractivity contribution in [2.45, 2.75) is 59.6 Å². The summed E-state index contributed by atoms with van der Waals surface area (Å²) in [5, 5.41) is 2.71. The molecule has 200 valence electrons. The number of ether oxygens (including phenoxy) is 1. The van der Waals surface area contributed by atoms with Crippen LogP contribution in [0.5, 0.6) is 0 Å². The standard InChI is InChI=1S/C16H15NO2.C7H11NO2.C4H7NS.C2H6/c18-16(19-12-13-6-2-1-3-7-13)17-11-10-14-8-4-5-9-15(14)17;1-6(10)8-4-2-3-7(8)5-9;1-2-3-5-4-6;1-2/h1-9H,10-12H2;5,7H,2-4H2,1H3;2-4H,1H3,(H,5,6);1-2H3/b;;3-2-;/t;7-;;/m.0../s1.